The van der Waals surface area contributed by atoms with Gasteiger partial charge in [-0.2, -0.15) is 4.31 Å². The van der Waals surface area contributed by atoms with Gasteiger partial charge >= 0.3 is 0 Å². The molecule has 0 saturated carbocycles. The standard InChI is InChI=1S/C17H19ClN2O4S2/c1-13-2-4-14(5-3-13)24-12-16(21)19-8-10-20(11-9-19)26(22,23)17-7-6-15(18)25-17/h2-7H,8-12H2,1H3. The highest BCUT2D eigenvalue weighted by atomic mass is 35.5. The fraction of sp³-hybridized carbons (Fsp3) is 0.353. The minimum atomic E-state index is -3.55. The van der Waals surface area contributed by atoms with E-state index in [1.54, 1.807) is 11.0 Å². The number of amides is 1. The largest absolute Gasteiger partial charge is 0.484 e. The third-order valence-electron chi connectivity index (χ3n) is 4.12. The van der Waals surface area contributed by atoms with Crippen LogP contribution in [0.2, 0.25) is 4.34 Å². The molecular formula is C17H19ClN2O4S2. The molecule has 140 valence electrons. The molecule has 1 aromatic carbocycles. The fourth-order valence-electron chi connectivity index (χ4n) is 2.61. The number of ether oxygens (including phenoxy) is 1. The van der Waals surface area contributed by atoms with Crippen LogP contribution in [0.25, 0.3) is 0 Å². The number of sulfonamides is 1. The van der Waals surface area contributed by atoms with Gasteiger partial charge in [0.25, 0.3) is 15.9 Å². The predicted molar refractivity (Wildman–Crippen MR) is 101 cm³/mol. The number of piperazine rings is 1. The Hall–Kier alpha value is -1.61. The van der Waals surface area contributed by atoms with Crippen LogP contribution < -0.4 is 4.74 Å². The quantitative estimate of drug-likeness (QED) is 0.754. The summed E-state index contributed by atoms with van der Waals surface area (Å²) >= 11 is 6.87. The third kappa shape index (κ3) is 4.37. The maximum Gasteiger partial charge on any atom is 0.260 e. The number of halogens is 1. The Morgan fingerprint density at radius 2 is 1.77 bits per heavy atom. The Morgan fingerprint density at radius 3 is 2.35 bits per heavy atom. The molecule has 0 unspecified atom stereocenters. The van der Waals surface area contributed by atoms with Crippen molar-refractivity contribution < 1.29 is 17.9 Å². The van der Waals surface area contributed by atoms with Crippen LogP contribution in [0.3, 0.4) is 0 Å². The van der Waals surface area contributed by atoms with E-state index in [0.717, 1.165) is 16.9 Å². The molecule has 1 amide bonds. The summed E-state index contributed by atoms with van der Waals surface area (Å²) in [5.74, 6) is 0.488. The minimum Gasteiger partial charge on any atom is -0.484 e. The monoisotopic (exact) mass is 414 g/mol. The lowest BCUT2D eigenvalue weighted by Crippen LogP contribution is -2.51. The summed E-state index contributed by atoms with van der Waals surface area (Å²) in [4.78, 5) is 13.9. The van der Waals surface area contributed by atoms with E-state index < -0.39 is 10.0 Å². The average molecular weight is 415 g/mol. The van der Waals surface area contributed by atoms with Crippen molar-refractivity contribution in [1.29, 1.82) is 0 Å². The highest BCUT2D eigenvalue weighted by molar-refractivity contribution is 7.91. The third-order valence-corrected chi connectivity index (χ3v) is 7.71. The minimum absolute atomic E-state index is 0.0592. The molecule has 26 heavy (non-hydrogen) atoms. The molecule has 1 aliphatic rings. The van der Waals surface area contributed by atoms with Crippen molar-refractivity contribution in [3.63, 3.8) is 0 Å². The second-order valence-corrected chi connectivity index (χ2v) is 9.83. The number of hydrogen-bond donors (Lipinski definition) is 0. The summed E-state index contributed by atoms with van der Waals surface area (Å²) in [7, 11) is -3.55. The molecule has 9 heteroatoms. The number of rotatable bonds is 5. The van der Waals surface area contributed by atoms with Gasteiger partial charge in [-0.05, 0) is 31.2 Å². The van der Waals surface area contributed by atoms with Crippen molar-refractivity contribution in [1.82, 2.24) is 9.21 Å². The molecule has 2 heterocycles. The molecule has 0 bridgehead atoms. The van der Waals surface area contributed by atoms with Gasteiger partial charge in [0.2, 0.25) is 0 Å². The molecule has 1 fully saturated rings. The summed E-state index contributed by atoms with van der Waals surface area (Å²) in [6.45, 7) is 3.12. The fourth-order valence-corrected chi connectivity index (χ4v) is 5.67. The molecule has 3 rings (SSSR count). The summed E-state index contributed by atoms with van der Waals surface area (Å²) in [5.41, 5.74) is 1.12. The van der Waals surface area contributed by atoms with Crippen molar-refractivity contribution in [3.05, 3.63) is 46.3 Å². The molecule has 1 saturated heterocycles. The van der Waals surface area contributed by atoms with E-state index in [2.05, 4.69) is 0 Å². The van der Waals surface area contributed by atoms with Crippen LogP contribution in [0.15, 0.2) is 40.6 Å². The molecule has 0 radical (unpaired) electrons. The van der Waals surface area contributed by atoms with E-state index in [1.165, 1.54) is 10.4 Å². The maximum absolute atomic E-state index is 12.6. The highest BCUT2D eigenvalue weighted by Crippen LogP contribution is 2.28. The number of aryl methyl sites for hydroxylation is 1. The molecule has 0 atom stereocenters. The molecule has 0 spiro atoms. The van der Waals surface area contributed by atoms with E-state index in [-0.39, 0.29) is 29.8 Å². The van der Waals surface area contributed by atoms with Crippen LogP contribution in [0, 0.1) is 6.92 Å². The van der Waals surface area contributed by atoms with E-state index >= 15 is 0 Å². The second-order valence-electron chi connectivity index (χ2n) is 5.95. The molecule has 1 aliphatic heterocycles. The van der Waals surface area contributed by atoms with E-state index in [9.17, 15) is 13.2 Å². The average Bonchev–Trinajstić information content (AvgIpc) is 3.08. The van der Waals surface area contributed by atoms with Crippen LogP contribution in [0.5, 0.6) is 5.75 Å². The summed E-state index contributed by atoms with van der Waals surface area (Å²) in [6.07, 6.45) is 0. The zero-order valence-electron chi connectivity index (χ0n) is 14.2. The van der Waals surface area contributed by atoms with Crippen LogP contribution in [0.1, 0.15) is 5.56 Å². The first-order valence-electron chi connectivity index (χ1n) is 8.09. The molecular weight excluding hydrogens is 396 g/mol. The number of nitrogens with zero attached hydrogens (tertiary/aromatic N) is 2. The first-order chi connectivity index (χ1) is 12.4. The zero-order chi connectivity index (χ0) is 18.7. The lowest BCUT2D eigenvalue weighted by atomic mass is 10.2. The van der Waals surface area contributed by atoms with Crippen LogP contribution >= 0.6 is 22.9 Å². The van der Waals surface area contributed by atoms with Crippen LogP contribution in [-0.2, 0) is 14.8 Å². The number of benzene rings is 1. The molecule has 6 nitrogen and oxygen atoms in total. The number of carbonyl (C=O) groups is 1. The van der Waals surface area contributed by atoms with Gasteiger partial charge in [0, 0.05) is 26.2 Å². The van der Waals surface area contributed by atoms with Crippen molar-refractivity contribution in [2.24, 2.45) is 0 Å². The normalized spacial score (nSPS) is 15.8. The first-order valence-corrected chi connectivity index (χ1v) is 10.7. The Morgan fingerprint density at radius 1 is 1.12 bits per heavy atom. The van der Waals surface area contributed by atoms with Crippen molar-refractivity contribution in [2.45, 2.75) is 11.1 Å². The highest BCUT2D eigenvalue weighted by Gasteiger charge is 2.31. The van der Waals surface area contributed by atoms with Gasteiger partial charge in [0.15, 0.2) is 6.61 Å². The number of thiophene rings is 1. The predicted octanol–water partition coefficient (Wildman–Crippen LogP) is 2.62. The Kier molecular flexibility index (Phi) is 5.86. The Bertz CT molecular complexity index is 872. The smallest absolute Gasteiger partial charge is 0.260 e. The van der Waals surface area contributed by atoms with Gasteiger partial charge in [-0.25, -0.2) is 8.42 Å². The topological polar surface area (TPSA) is 66.9 Å². The van der Waals surface area contributed by atoms with Gasteiger partial charge in [0.1, 0.15) is 9.96 Å². The van der Waals surface area contributed by atoms with Crippen molar-refractivity contribution in [2.75, 3.05) is 32.8 Å². The van der Waals surface area contributed by atoms with E-state index in [4.69, 9.17) is 16.3 Å². The van der Waals surface area contributed by atoms with Gasteiger partial charge < -0.3 is 9.64 Å². The first kappa shape index (κ1) is 19.2. The van der Waals surface area contributed by atoms with Gasteiger partial charge in [-0.15, -0.1) is 11.3 Å². The number of hydrogen-bond acceptors (Lipinski definition) is 5. The van der Waals surface area contributed by atoms with Gasteiger partial charge in [-0.1, -0.05) is 29.3 Å². The second kappa shape index (κ2) is 7.96. The van der Waals surface area contributed by atoms with Gasteiger partial charge in [0.05, 0.1) is 4.34 Å². The van der Waals surface area contributed by atoms with E-state index in [0.29, 0.717) is 23.2 Å². The Labute approximate surface area is 162 Å². The summed E-state index contributed by atoms with van der Waals surface area (Å²) < 4.78 is 32.7. The van der Waals surface area contributed by atoms with Crippen LogP contribution in [0.4, 0.5) is 0 Å². The van der Waals surface area contributed by atoms with Crippen molar-refractivity contribution in [3.8, 4) is 5.75 Å². The lowest BCUT2D eigenvalue weighted by Gasteiger charge is -2.33. The molecule has 2 aromatic rings. The Balaban J connectivity index is 1.53. The SMILES string of the molecule is Cc1ccc(OCC(=O)N2CCN(S(=O)(=O)c3ccc(Cl)s3)CC2)cc1. The lowest BCUT2D eigenvalue weighted by molar-refractivity contribution is -0.134. The number of carbonyl (C=O) groups excluding carboxylic acids is 1. The van der Waals surface area contributed by atoms with Gasteiger partial charge in [-0.3, -0.25) is 4.79 Å². The van der Waals surface area contributed by atoms with E-state index in [1.807, 2.05) is 31.2 Å². The summed E-state index contributed by atoms with van der Waals surface area (Å²) in [6, 6.07) is 10.6. The zero-order valence-corrected chi connectivity index (χ0v) is 16.6. The van der Waals surface area contributed by atoms with Crippen LogP contribution in [-0.4, -0.2) is 56.3 Å². The van der Waals surface area contributed by atoms with Crippen molar-refractivity contribution >= 4 is 38.9 Å². The maximum atomic E-state index is 12.6. The summed E-state index contributed by atoms with van der Waals surface area (Å²) in [5, 5.41) is 0. The molecule has 1 aromatic heterocycles. The molecule has 0 N–H and O–H groups in total. The molecule has 0 aliphatic carbocycles.